The van der Waals surface area contributed by atoms with Gasteiger partial charge in [-0.05, 0) is 35.7 Å². The number of amides is 2. The number of carbonyl (C=O) groups excluding carboxylic acids is 2. The minimum atomic E-state index is -0.109. The first-order chi connectivity index (χ1) is 9.75. The zero-order valence-corrected chi connectivity index (χ0v) is 11.1. The van der Waals surface area contributed by atoms with Crippen LogP contribution in [-0.2, 0) is 0 Å². The first-order valence-electron chi connectivity index (χ1n) is 7.16. The molecule has 2 aromatic rings. The van der Waals surface area contributed by atoms with E-state index in [0.717, 1.165) is 36.5 Å². The molecular weight excluding hydrogens is 250 g/mol. The predicted molar refractivity (Wildman–Crippen MR) is 76.7 cm³/mol. The molecule has 0 bridgehead atoms. The Bertz CT molecular complexity index is 674. The molecule has 1 fully saturated rings. The normalized spacial score (nSPS) is 19.1. The second kappa shape index (κ2) is 4.17. The topological polar surface area (TPSA) is 37.4 Å². The Balaban J connectivity index is 1.85. The lowest BCUT2D eigenvalue weighted by Crippen LogP contribution is -2.38. The summed E-state index contributed by atoms with van der Waals surface area (Å²) < 4.78 is 0. The summed E-state index contributed by atoms with van der Waals surface area (Å²) in [7, 11) is 0. The number of imide groups is 1. The Morgan fingerprint density at radius 2 is 1.35 bits per heavy atom. The van der Waals surface area contributed by atoms with Gasteiger partial charge >= 0.3 is 0 Å². The first kappa shape index (κ1) is 11.6. The maximum Gasteiger partial charge on any atom is 0.261 e. The average Bonchev–Trinajstić information content (AvgIpc) is 3.06. The fourth-order valence-corrected chi connectivity index (χ4v) is 3.44. The highest BCUT2D eigenvalue weighted by Gasteiger charge is 2.40. The Morgan fingerprint density at radius 3 is 1.85 bits per heavy atom. The smallest absolute Gasteiger partial charge is 0.261 e. The molecule has 0 spiro atoms. The Kier molecular flexibility index (Phi) is 2.43. The molecule has 2 aliphatic rings. The maximum absolute atomic E-state index is 12.5. The highest BCUT2D eigenvalue weighted by atomic mass is 16.2. The molecule has 0 aromatic heterocycles. The third-order valence-electron chi connectivity index (χ3n) is 4.47. The van der Waals surface area contributed by atoms with Crippen LogP contribution in [0.1, 0.15) is 46.4 Å². The summed E-state index contributed by atoms with van der Waals surface area (Å²) in [5.41, 5.74) is 1.14. The monoisotopic (exact) mass is 265 g/mol. The molecule has 100 valence electrons. The SMILES string of the molecule is O=C1c2cc3ccccc3cc2C(=O)N1C1CCCC1. The molecule has 1 heterocycles. The van der Waals surface area contributed by atoms with Crippen LogP contribution >= 0.6 is 0 Å². The van der Waals surface area contributed by atoms with Crippen LogP contribution in [0, 0.1) is 0 Å². The van der Waals surface area contributed by atoms with Gasteiger partial charge in [0.05, 0.1) is 11.1 Å². The van der Waals surface area contributed by atoms with Crippen LogP contribution in [-0.4, -0.2) is 22.8 Å². The van der Waals surface area contributed by atoms with Crippen LogP contribution < -0.4 is 0 Å². The van der Waals surface area contributed by atoms with Crippen molar-refractivity contribution < 1.29 is 9.59 Å². The number of hydrogen-bond donors (Lipinski definition) is 0. The van der Waals surface area contributed by atoms with Gasteiger partial charge in [-0.1, -0.05) is 37.1 Å². The predicted octanol–water partition coefficient (Wildman–Crippen LogP) is 3.38. The lowest BCUT2D eigenvalue weighted by molar-refractivity contribution is 0.0588. The molecule has 2 aromatic carbocycles. The average molecular weight is 265 g/mol. The van der Waals surface area contributed by atoms with Crippen LogP contribution in [0.15, 0.2) is 36.4 Å². The van der Waals surface area contributed by atoms with E-state index in [-0.39, 0.29) is 17.9 Å². The Labute approximate surface area is 117 Å². The standard InChI is InChI=1S/C17H15NO2/c19-16-14-9-11-5-1-2-6-12(11)10-15(14)17(20)18(16)13-7-3-4-8-13/h1-2,5-6,9-10,13H,3-4,7-8H2. The van der Waals surface area contributed by atoms with Gasteiger partial charge in [-0.3, -0.25) is 14.5 Å². The summed E-state index contributed by atoms with van der Waals surface area (Å²) in [5, 5.41) is 2.03. The summed E-state index contributed by atoms with van der Waals surface area (Å²) in [6.45, 7) is 0. The van der Waals surface area contributed by atoms with Gasteiger partial charge in [0, 0.05) is 6.04 Å². The van der Waals surface area contributed by atoms with Crippen LogP contribution in [0.25, 0.3) is 10.8 Å². The minimum absolute atomic E-state index is 0.102. The molecule has 0 atom stereocenters. The van der Waals surface area contributed by atoms with Gasteiger partial charge in [0.1, 0.15) is 0 Å². The summed E-state index contributed by atoms with van der Waals surface area (Å²) in [6, 6.07) is 11.7. The largest absolute Gasteiger partial charge is 0.271 e. The third-order valence-corrected chi connectivity index (χ3v) is 4.47. The molecule has 1 aliphatic heterocycles. The molecule has 0 radical (unpaired) electrons. The van der Waals surface area contributed by atoms with Gasteiger partial charge in [0.25, 0.3) is 11.8 Å². The lowest BCUT2D eigenvalue weighted by atomic mass is 10.0. The molecule has 1 aliphatic carbocycles. The molecule has 0 unspecified atom stereocenters. The molecule has 0 N–H and O–H groups in total. The van der Waals surface area contributed by atoms with Gasteiger partial charge in [-0.25, -0.2) is 0 Å². The summed E-state index contributed by atoms with van der Waals surface area (Å²) >= 11 is 0. The number of nitrogens with zero attached hydrogens (tertiary/aromatic N) is 1. The van der Waals surface area contributed by atoms with Gasteiger partial charge in [-0.15, -0.1) is 0 Å². The van der Waals surface area contributed by atoms with Crippen LogP contribution in [0.4, 0.5) is 0 Å². The zero-order valence-electron chi connectivity index (χ0n) is 11.1. The summed E-state index contributed by atoms with van der Waals surface area (Å²) in [5.74, 6) is -0.217. The third kappa shape index (κ3) is 1.52. The molecule has 3 heteroatoms. The van der Waals surface area contributed by atoms with Crippen molar-refractivity contribution in [1.29, 1.82) is 0 Å². The summed E-state index contributed by atoms with van der Waals surface area (Å²) in [6.07, 6.45) is 4.12. The molecule has 3 nitrogen and oxygen atoms in total. The highest BCUT2D eigenvalue weighted by Crippen LogP contribution is 2.33. The van der Waals surface area contributed by atoms with Crippen molar-refractivity contribution in [3.63, 3.8) is 0 Å². The molecule has 20 heavy (non-hydrogen) atoms. The number of benzene rings is 2. The van der Waals surface area contributed by atoms with Crippen molar-refractivity contribution in [2.75, 3.05) is 0 Å². The fourth-order valence-electron chi connectivity index (χ4n) is 3.44. The van der Waals surface area contributed by atoms with E-state index in [2.05, 4.69) is 0 Å². The number of fused-ring (bicyclic) bond motifs is 2. The van der Waals surface area contributed by atoms with E-state index in [1.165, 1.54) is 4.90 Å². The van der Waals surface area contributed by atoms with E-state index in [9.17, 15) is 9.59 Å². The van der Waals surface area contributed by atoms with E-state index < -0.39 is 0 Å². The Hall–Kier alpha value is -2.16. The minimum Gasteiger partial charge on any atom is -0.271 e. The van der Waals surface area contributed by atoms with E-state index in [4.69, 9.17) is 0 Å². The molecule has 4 rings (SSSR count). The number of carbonyl (C=O) groups is 2. The lowest BCUT2D eigenvalue weighted by Gasteiger charge is -2.21. The van der Waals surface area contributed by atoms with Crippen molar-refractivity contribution in [2.24, 2.45) is 0 Å². The van der Waals surface area contributed by atoms with E-state index in [1.54, 1.807) is 0 Å². The maximum atomic E-state index is 12.5. The van der Waals surface area contributed by atoms with Crippen molar-refractivity contribution in [2.45, 2.75) is 31.7 Å². The summed E-state index contributed by atoms with van der Waals surface area (Å²) in [4.78, 5) is 26.6. The van der Waals surface area contributed by atoms with Gasteiger partial charge in [0.2, 0.25) is 0 Å². The van der Waals surface area contributed by atoms with E-state index >= 15 is 0 Å². The van der Waals surface area contributed by atoms with Gasteiger partial charge in [-0.2, -0.15) is 0 Å². The van der Waals surface area contributed by atoms with Crippen LogP contribution in [0.5, 0.6) is 0 Å². The molecule has 1 saturated carbocycles. The number of hydrogen-bond acceptors (Lipinski definition) is 2. The second-order valence-corrected chi connectivity index (χ2v) is 5.66. The molecule has 2 amide bonds. The van der Waals surface area contributed by atoms with Crippen molar-refractivity contribution in [3.8, 4) is 0 Å². The molecule has 0 saturated heterocycles. The zero-order chi connectivity index (χ0) is 13.7. The van der Waals surface area contributed by atoms with Crippen molar-refractivity contribution in [3.05, 3.63) is 47.5 Å². The van der Waals surface area contributed by atoms with Crippen molar-refractivity contribution in [1.82, 2.24) is 4.90 Å². The second-order valence-electron chi connectivity index (χ2n) is 5.66. The van der Waals surface area contributed by atoms with Gasteiger partial charge in [0.15, 0.2) is 0 Å². The van der Waals surface area contributed by atoms with Crippen LogP contribution in [0.2, 0.25) is 0 Å². The van der Waals surface area contributed by atoms with E-state index in [0.29, 0.717) is 11.1 Å². The highest BCUT2D eigenvalue weighted by molar-refractivity contribution is 6.23. The fraction of sp³-hybridized carbons (Fsp3) is 0.294. The van der Waals surface area contributed by atoms with Crippen LogP contribution in [0.3, 0.4) is 0 Å². The van der Waals surface area contributed by atoms with Gasteiger partial charge < -0.3 is 0 Å². The van der Waals surface area contributed by atoms with E-state index in [1.807, 2.05) is 36.4 Å². The van der Waals surface area contributed by atoms with Crippen molar-refractivity contribution >= 4 is 22.6 Å². The molecular formula is C17H15NO2. The Morgan fingerprint density at radius 1 is 0.850 bits per heavy atom. The number of rotatable bonds is 1. The first-order valence-corrected chi connectivity index (χ1v) is 7.16. The quantitative estimate of drug-likeness (QED) is 0.741.